The molecular weight excluding hydrogens is 304 g/mol. The van der Waals surface area contributed by atoms with Gasteiger partial charge < -0.3 is 10.2 Å². The van der Waals surface area contributed by atoms with Gasteiger partial charge in [0, 0.05) is 12.6 Å². The number of rotatable bonds is 4. The van der Waals surface area contributed by atoms with Gasteiger partial charge in [-0.25, -0.2) is 8.42 Å². The van der Waals surface area contributed by atoms with Crippen LogP contribution >= 0.6 is 0 Å². The zero-order valence-electron chi connectivity index (χ0n) is 10.7. The first kappa shape index (κ1) is 15.2. The van der Waals surface area contributed by atoms with E-state index in [1.807, 2.05) is 0 Å². The number of nitro benzene ring substituents is 1. The molecule has 1 heterocycles. The molecule has 0 saturated carbocycles. The molecule has 0 aliphatic carbocycles. The summed E-state index contributed by atoms with van der Waals surface area (Å²) in [4.78, 5) is 20.5. The zero-order valence-corrected chi connectivity index (χ0v) is 11.5. The minimum Gasteiger partial charge on any atom is -0.502 e. The van der Waals surface area contributed by atoms with Crippen LogP contribution in [0.2, 0.25) is 0 Å². The van der Waals surface area contributed by atoms with Gasteiger partial charge in [0.15, 0.2) is 5.75 Å². The molecule has 114 valence electrons. The monoisotopic (exact) mass is 316 g/mol. The Morgan fingerprint density at radius 1 is 1.43 bits per heavy atom. The highest BCUT2D eigenvalue weighted by molar-refractivity contribution is 7.89. The molecule has 1 aromatic carbocycles. The van der Waals surface area contributed by atoms with Crippen LogP contribution in [-0.4, -0.2) is 46.4 Å². The zero-order chi connectivity index (χ0) is 15.8. The molecule has 1 aliphatic rings. The van der Waals surface area contributed by atoms with E-state index in [2.05, 4.69) is 0 Å². The summed E-state index contributed by atoms with van der Waals surface area (Å²) in [5.41, 5.74) is -0.748. The lowest BCUT2D eigenvalue weighted by molar-refractivity contribution is -0.386. The van der Waals surface area contributed by atoms with Crippen molar-refractivity contribution in [1.82, 2.24) is 4.31 Å². The molecule has 0 unspecified atom stereocenters. The highest BCUT2D eigenvalue weighted by Crippen LogP contribution is 2.32. The molecule has 0 bridgehead atoms. The number of carbonyl (C=O) groups is 1. The Hall–Kier alpha value is -2.20. The maximum atomic E-state index is 12.4. The molecule has 9 nitrogen and oxygen atoms in total. The lowest BCUT2D eigenvalue weighted by Crippen LogP contribution is -2.40. The molecule has 1 aromatic rings. The van der Waals surface area contributed by atoms with Crippen LogP contribution in [0.25, 0.3) is 0 Å². The van der Waals surface area contributed by atoms with Gasteiger partial charge in [-0.2, -0.15) is 4.31 Å². The van der Waals surface area contributed by atoms with Gasteiger partial charge in [0.05, 0.1) is 9.82 Å². The second-order valence-corrected chi connectivity index (χ2v) is 6.41. The first-order chi connectivity index (χ1) is 9.75. The van der Waals surface area contributed by atoms with Gasteiger partial charge in [-0.15, -0.1) is 0 Å². The van der Waals surface area contributed by atoms with E-state index in [9.17, 15) is 28.4 Å². The maximum Gasteiger partial charge on any atom is 0.322 e. The predicted octanol–water partition coefficient (Wildman–Crippen LogP) is 0.538. The number of hydrogen-bond donors (Lipinski definition) is 2. The number of phenolic OH excluding ortho intramolecular Hbond substituents is 1. The molecule has 21 heavy (non-hydrogen) atoms. The molecule has 0 spiro atoms. The van der Waals surface area contributed by atoms with E-state index in [4.69, 9.17) is 5.11 Å². The third-order valence-corrected chi connectivity index (χ3v) is 5.14. The number of carboxylic acid groups (broad SMARTS) is 1. The summed E-state index contributed by atoms with van der Waals surface area (Å²) >= 11 is 0. The molecule has 1 aliphatic heterocycles. The smallest absolute Gasteiger partial charge is 0.322 e. The van der Waals surface area contributed by atoms with Crippen LogP contribution in [0.5, 0.6) is 5.75 Å². The van der Waals surface area contributed by atoms with E-state index in [0.717, 1.165) is 22.5 Å². The molecule has 1 fully saturated rings. The van der Waals surface area contributed by atoms with Crippen molar-refractivity contribution in [3.63, 3.8) is 0 Å². The lowest BCUT2D eigenvalue weighted by Gasteiger charge is -2.20. The van der Waals surface area contributed by atoms with E-state index in [0.29, 0.717) is 6.42 Å². The van der Waals surface area contributed by atoms with Crippen LogP contribution in [0.3, 0.4) is 0 Å². The lowest BCUT2D eigenvalue weighted by atomic mass is 10.2. The van der Waals surface area contributed by atoms with Gasteiger partial charge >= 0.3 is 11.7 Å². The van der Waals surface area contributed by atoms with Crippen LogP contribution in [-0.2, 0) is 14.8 Å². The van der Waals surface area contributed by atoms with Crippen LogP contribution in [0.15, 0.2) is 23.1 Å². The van der Waals surface area contributed by atoms with Crippen LogP contribution in [0.1, 0.15) is 12.8 Å². The minimum atomic E-state index is -4.17. The Balaban J connectivity index is 2.47. The average molecular weight is 316 g/mol. The van der Waals surface area contributed by atoms with Gasteiger partial charge in [0.2, 0.25) is 10.0 Å². The van der Waals surface area contributed by atoms with Crippen LogP contribution < -0.4 is 0 Å². The number of nitrogens with zero attached hydrogens (tertiary/aromatic N) is 2. The van der Waals surface area contributed by atoms with Crippen molar-refractivity contribution in [2.75, 3.05) is 6.54 Å². The molecule has 0 amide bonds. The molecule has 2 N–H and O–H groups in total. The fourth-order valence-corrected chi connectivity index (χ4v) is 3.89. The van der Waals surface area contributed by atoms with Crippen LogP contribution in [0, 0.1) is 10.1 Å². The first-order valence-corrected chi connectivity index (χ1v) is 7.41. The van der Waals surface area contributed by atoms with E-state index < -0.39 is 43.3 Å². The van der Waals surface area contributed by atoms with E-state index in [1.54, 1.807) is 0 Å². The summed E-state index contributed by atoms with van der Waals surface area (Å²) in [5, 5.41) is 29.1. The number of nitro groups is 1. The molecule has 1 atom stereocenters. The van der Waals surface area contributed by atoms with Gasteiger partial charge in [-0.3, -0.25) is 14.9 Å². The topological polar surface area (TPSA) is 138 Å². The summed E-state index contributed by atoms with van der Waals surface area (Å²) < 4.78 is 25.6. The average Bonchev–Trinajstić information content (AvgIpc) is 2.88. The molecule has 2 rings (SSSR count). The molecule has 10 heteroatoms. The largest absolute Gasteiger partial charge is 0.502 e. The number of aromatic hydroxyl groups is 1. The summed E-state index contributed by atoms with van der Waals surface area (Å²) in [6, 6.07) is 1.45. The number of benzene rings is 1. The van der Waals surface area contributed by atoms with Crippen molar-refractivity contribution in [3.05, 3.63) is 28.3 Å². The van der Waals surface area contributed by atoms with Crippen LogP contribution in [0.4, 0.5) is 5.69 Å². The fraction of sp³-hybridized carbons (Fsp3) is 0.364. The van der Waals surface area contributed by atoms with Crippen molar-refractivity contribution in [2.45, 2.75) is 23.8 Å². The fourth-order valence-electron chi connectivity index (χ4n) is 2.22. The molecule has 0 radical (unpaired) electrons. The molecule has 1 saturated heterocycles. The number of aliphatic carboxylic acids is 1. The number of carboxylic acids is 1. The van der Waals surface area contributed by atoms with E-state index in [1.165, 1.54) is 0 Å². The number of phenols is 1. The van der Waals surface area contributed by atoms with Crippen molar-refractivity contribution >= 4 is 21.7 Å². The number of sulfonamides is 1. The maximum absolute atomic E-state index is 12.4. The minimum absolute atomic E-state index is 0.0357. The van der Waals surface area contributed by atoms with Gasteiger partial charge in [-0.05, 0) is 25.0 Å². The Bertz CT molecular complexity index is 701. The Morgan fingerprint density at radius 3 is 2.67 bits per heavy atom. The quantitative estimate of drug-likeness (QED) is 0.610. The highest BCUT2D eigenvalue weighted by atomic mass is 32.2. The standard InChI is InChI=1S/C11H12N2O7S/c14-10-4-3-7(6-9(10)13(17)18)21(19,20)12-5-1-2-8(12)11(15)16/h3-4,6,8,14H,1-2,5H2,(H,15,16)/t8-/m0/s1. The number of hydrogen-bond acceptors (Lipinski definition) is 6. The summed E-state index contributed by atoms with van der Waals surface area (Å²) in [7, 11) is -4.17. The van der Waals surface area contributed by atoms with Gasteiger partial charge in [0.1, 0.15) is 6.04 Å². The van der Waals surface area contributed by atoms with Crippen molar-refractivity contribution < 1.29 is 28.3 Å². The Labute approximate surface area is 119 Å². The SMILES string of the molecule is O=C(O)[C@@H]1CCCN1S(=O)(=O)c1ccc(O)c([N+](=O)[O-])c1. The second-order valence-electron chi connectivity index (χ2n) is 4.52. The normalized spacial score (nSPS) is 19.5. The van der Waals surface area contributed by atoms with Crippen molar-refractivity contribution in [2.24, 2.45) is 0 Å². The highest BCUT2D eigenvalue weighted by Gasteiger charge is 2.40. The van der Waals surface area contributed by atoms with Crippen molar-refractivity contribution in [3.8, 4) is 5.75 Å². The van der Waals surface area contributed by atoms with Crippen molar-refractivity contribution in [1.29, 1.82) is 0 Å². The summed E-state index contributed by atoms with van der Waals surface area (Å²) in [6.07, 6.45) is 0.588. The molecule has 0 aromatic heterocycles. The summed E-state index contributed by atoms with van der Waals surface area (Å²) in [5.74, 6) is -1.92. The van der Waals surface area contributed by atoms with E-state index in [-0.39, 0.29) is 13.0 Å². The Kier molecular flexibility index (Phi) is 3.83. The predicted molar refractivity (Wildman–Crippen MR) is 69.3 cm³/mol. The van der Waals surface area contributed by atoms with Gasteiger partial charge in [0.25, 0.3) is 0 Å². The Morgan fingerprint density at radius 2 is 2.10 bits per heavy atom. The van der Waals surface area contributed by atoms with E-state index >= 15 is 0 Å². The first-order valence-electron chi connectivity index (χ1n) is 5.97. The summed E-state index contributed by atoms with van der Waals surface area (Å²) in [6.45, 7) is 0.0357. The van der Waals surface area contributed by atoms with Gasteiger partial charge in [-0.1, -0.05) is 0 Å². The molecular formula is C11H12N2O7S. The third kappa shape index (κ3) is 2.67. The second kappa shape index (κ2) is 5.30. The third-order valence-electron chi connectivity index (χ3n) is 3.24.